The van der Waals surface area contributed by atoms with Crippen LogP contribution in [0, 0.1) is 6.92 Å². The van der Waals surface area contributed by atoms with Crippen molar-refractivity contribution >= 4 is 10.9 Å². The standard InChI is InChI=1S/C14H19N/c1-5-15-9-11(4)13-8-12(10(2)3)6-7-14(13)15/h6-10H,5H2,1-4H3. The summed E-state index contributed by atoms with van der Waals surface area (Å²) >= 11 is 0. The molecule has 2 aromatic rings. The lowest BCUT2D eigenvalue weighted by atomic mass is 10.0. The van der Waals surface area contributed by atoms with Crippen molar-refractivity contribution in [1.29, 1.82) is 0 Å². The summed E-state index contributed by atoms with van der Waals surface area (Å²) in [6, 6.07) is 6.83. The third-order valence-corrected chi connectivity index (χ3v) is 3.11. The van der Waals surface area contributed by atoms with Crippen molar-refractivity contribution in [2.45, 2.75) is 40.2 Å². The zero-order valence-electron chi connectivity index (χ0n) is 10.0. The second kappa shape index (κ2) is 3.73. The first-order valence-electron chi connectivity index (χ1n) is 5.73. The molecule has 2 rings (SSSR count). The maximum absolute atomic E-state index is 2.33. The Balaban J connectivity index is 2.66. The Morgan fingerprint density at radius 1 is 1.27 bits per heavy atom. The molecular weight excluding hydrogens is 182 g/mol. The van der Waals surface area contributed by atoms with Gasteiger partial charge in [0.25, 0.3) is 0 Å². The Kier molecular flexibility index (Phi) is 2.56. The number of aromatic nitrogens is 1. The highest BCUT2D eigenvalue weighted by molar-refractivity contribution is 5.84. The van der Waals surface area contributed by atoms with Crippen LogP contribution < -0.4 is 0 Å². The summed E-state index contributed by atoms with van der Waals surface area (Å²) in [5.41, 5.74) is 4.17. The Bertz CT molecular complexity index is 477. The average Bonchev–Trinajstić information content (AvgIpc) is 2.55. The third-order valence-electron chi connectivity index (χ3n) is 3.11. The van der Waals surface area contributed by atoms with Crippen molar-refractivity contribution in [3.63, 3.8) is 0 Å². The first-order chi connectivity index (χ1) is 7.13. The second-order valence-electron chi connectivity index (χ2n) is 4.53. The predicted molar refractivity (Wildman–Crippen MR) is 66.4 cm³/mol. The van der Waals surface area contributed by atoms with Gasteiger partial charge in [-0.1, -0.05) is 19.9 Å². The normalized spacial score (nSPS) is 11.5. The van der Waals surface area contributed by atoms with E-state index in [4.69, 9.17) is 0 Å². The fourth-order valence-corrected chi connectivity index (χ4v) is 2.11. The first kappa shape index (κ1) is 10.3. The maximum atomic E-state index is 2.33. The van der Waals surface area contributed by atoms with E-state index < -0.39 is 0 Å². The van der Waals surface area contributed by atoms with Gasteiger partial charge in [-0.3, -0.25) is 0 Å². The lowest BCUT2D eigenvalue weighted by Gasteiger charge is -2.06. The number of benzene rings is 1. The topological polar surface area (TPSA) is 4.93 Å². The highest BCUT2D eigenvalue weighted by Crippen LogP contribution is 2.25. The van der Waals surface area contributed by atoms with Gasteiger partial charge in [0.15, 0.2) is 0 Å². The van der Waals surface area contributed by atoms with Crippen molar-refractivity contribution in [1.82, 2.24) is 4.57 Å². The molecule has 15 heavy (non-hydrogen) atoms. The summed E-state index contributed by atoms with van der Waals surface area (Å²) in [6.45, 7) is 9.92. The molecule has 1 heteroatoms. The average molecular weight is 201 g/mol. The lowest BCUT2D eigenvalue weighted by Crippen LogP contribution is -1.91. The Labute approximate surface area is 91.7 Å². The minimum atomic E-state index is 0.610. The van der Waals surface area contributed by atoms with E-state index in [0.717, 1.165) is 6.54 Å². The molecule has 0 aliphatic heterocycles. The smallest absolute Gasteiger partial charge is 0.0483 e. The number of hydrogen-bond acceptors (Lipinski definition) is 0. The molecule has 0 unspecified atom stereocenters. The minimum Gasteiger partial charge on any atom is -0.347 e. The van der Waals surface area contributed by atoms with E-state index in [9.17, 15) is 0 Å². The van der Waals surface area contributed by atoms with E-state index in [1.807, 2.05) is 0 Å². The van der Waals surface area contributed by atoms with Gasteiger partial charge in [0.2, 0.25) is 0 Å². The SMILES string of the molecule is CCn1cc(C)c2cc(C(C)C)ccc21. The summed E-state index contributed by atoms with van der Waals surface area (Å²) < 4.78 is 2.31. The molecule has 80 valence electrons. The van der Waals surface area contributed by atoms with Crippen LogP contribution in [0.2, 0.25) is 0 Å². The van der Waals surface area contributed by atoms with Crippen LogP contribution in [0.1, 0.15) is 37.8 Å². The van der Waals surface area contributed by atoms with Crippen LogP contribution >= 0.6 is 0 Å². The van der Waals surface area contributed by atoms with Gasteiger partial charge in [-0.25, -0.2) is 0 Å². The summed E-state index contributed by atoms with van der Waals surface area (Å²) in [4.78, 5) is 0. The second-order valence-corrected chi connectivity index (χ2v) is 4.53. The fraction of sp³-hybridized carbons (Fsp3) is 0.429. The molecule has 0 N–H and O–H groups in total. The molecule has 0 bridgehead atoms. The molecule has 0 atom stereocenters. The van der Waals surface area contributed by atoms with E-state index in [1.54, 1.807) is 0 Å². The molecule has 0 fully saturated rings. The highest BCUT2D eigenvalue weighted by atomic mass is 14.9. The summed E-state index contributed by atoms with van der Waals surface area (Å²) in [6.07, 6.45) is 2.24. The van der Waals surface area contributed by atoms with E-state index in [2.05, 4.69) is 56.7 Å². The van der Waals surface area contributed by atoms with E-state index >= 15 is 0 Å². The molecule has 0 amide bonds. The molecule has 0 radical (unpaired) electrons. The molecule has 0 saturated heterocycles. The summed E-state index contributed by atoms with van der Waals surface area (Å²) in [7, 11) is 0. The van der Waals surface area contributed by atoms with Crippen LogP contribution in [0.25, 0.3) is 10.9 Å². The Morgan fingerprint density at radius 3 is 2.60 bits per heavy atom. The minimum absolute atomic E-state index is 0.610. The zero-order chi connectivity index (χ0) is 11.0. The van der Waals surface area contributed by atoms with Gasteiger partial charge in [0.05, 0.1) is 0 Å². The van der Waals surface area contributed by atoms with Crippen LogP contribution in [0.3, 0.4) is 0 Å². The van der Waals surface area contributed by atoms with Gasteiger partial charge in [0, 0.05) is 23.6 Å². The number of hydrogen-bond donors (Lipinski definition) is 0. The van der Waals surface area contributed by atoms with Gasteiger partial charge in [-0.15, -0.1) is 0 Å². The van der Waals surface area contributed by atoms with Gasteiger partial charge < -0.3 is 4.57 Å². The molecule has 0 aliphatic carbocycles. The molecule has 1 aromatic heterocycles. The molecule has 0 spiro atoms. The zero-order valence-corrected chi connectivity index (χ0v) is 10.0. The van der Waals surface area contributed by atoms with Gasteiger partial charge in [0.1, 0.15) is 0 Å². The molecule has 0 saturated carbocycles. The first-order valence-corrected chi connectivity index (χ1v) is 5.73. The quantitative estimate of drug-likeness (QED) is 0.689. The van der Waals surface area contributed by atoms with E-state index in [-0.39, 0.29) is 0 Å². The lowest BCUT2D eigenvalue weighted by molar-refractivity contribution is 0.795. The number of nitrogens with zero attached hydrogens (tertiary/aromatic N) is 1. The van der Waals surface area contributed by atoms with Gasteiger partial charge in [-0.05, 0) is 43.0 Å². The molecule has 1 nitrogen and oxygen atoms in total. The van der Waals surface area contributed by atoms with Gasteiger partial charge >= 0.3 is 0 Å². The fourth-order valence-electron chi connectivity index (χ4n) is 2.11. The molecule has 0 aliphatic rings. The molecule has 1 heterocycles. The number of fused-ring (bicyclic) bond motifs is 1. The number of aryl methyl sites for hydroxylation is 2. The predicted octanol–water partition coefficient (Wildman–Crippen LogP) is 4.09. The number of rotatable bonds is 2. The summed E-state index contributed by atoms with van der Waals surface area (Å²) in [5, 5.41) is 1.41. The van der Waals surface area contributed by atoms with Gasteiger partial charge in [-0.2, -0.15) is 0 Å². The van der Waals surface area contributed by atoms with Crippen LogP contribution in [0.5, 0.6) is 0 Å². The van der Waals surface area contributed by atoms with E-state index in [1.165, 1.54) is 22.0 Å². The van der Waals surface area contributed by atoms with Crippen molar-refractivity contribution in [2.75, 3.05) is 0 Å². The van der Waals surface area contributed by atoms with Crippen LogP contribution in [-0.2, 0) is 6.54 Å². The molecule has 1 aromatic carbocycles. The monoisotopic (exact) mass is 201 g/mol. The highest BCUT2D eigenvalue weighted by Gasteiger charge is 2.06. The third kappa shape index (κ3) is 1.67. The van der Waals surface area contributed by atoms with E-state index in [0.29, 0.717) is 5.92 Å². The van der Waals surface area contributed by atoms with Crippen LogP contribution in [0.4, 0.5) is 0 Å². The van der Waals surface area contributed by atoms with Crippen molar-refractivity contribution in [3.8, 4) is 0 Å². The Morgan fingerprint density at radius 2 is 2.00 bits per heavy atom. The van der Waals surface area contributed by atoms with Crippen molar-refractivity contribution in [3.05, 3.63) is 35.5 Å². The van der Waals surface area contributed by atoms with Crippen LogP contribution in [-0.4, -0.2) is 4.57 Å². The van der Waals surface area contributed by atoms with Crippen molar-refractivity contribution in [2.24, 2.45) is 0 Å². The largest absolute Gasteiger partial charge is 0.347 e. The molecular formula is C14H19N. The Hall–Kier alpha value is -1.24. The maximum Gasteiger partial charge on any atom is 0.0483 e. The van der Waals surface area contributed by atoms with Crippen molar-refractivity contribution < 1.29 is 0 Å². The van der Waals surface area contributed by atoms with Crippen LogP contribution in [0.15, 0.2) is 24.4 Å². The summed E-state index contributed by atoms with van der Waals surface area (Å²) in [5.74, 6) is 0.610.